The molecule has 1 saturated carbocycles. The van der Waals surface area contributed by atoms with Crippen molar-refractivity contribution in [1.29, 1.82) is 0 Å². The van der Waals surface area contributed by atoms with Crippen molar-refractivity contribution in [3.8, 4) is 0 Å². The van der Waals surface area contributed by atoms with E-state index in [2.05, 4.69) is 22.9 Å². The molecule has 3 heteroatoms. The van der Waals surface area contributed by atoms with Gasteiger partial charge in [0.15, 0.2) is 5.78 Å². The van der Waals surface area contributed by atoms with E-state index in [0.29, 0.717) is 5.78 Å². The van der Waals surface area contributed by atoms with Gasteiger partial charge in [-0.2, -0.15) is 0 Å². The van der Waals surface area contributed by atoms with Crippen molar-refractivity contribution in [3.05, 3.63) is 20.8 Å². The summed E-state index contributed by atoms with van der Waals surface area (Å²) in [6.07, 6.45) is 3.35. The summed E-state index contributed by atoms with van der Waals surface area (Å²) in [6, 6.07) is 1.95. The first kappa shape index (κ1) is 10.4. The van der Waals surface area contributed by atoms with Crippen molar-refractivity contribution in [2.45, 2.75) is 26.2 Å². The van der Waals surface area contributed by atoms with E-state index in [9.17, 15) is 4.79 Å². The number of ketones is 1. The Bertz CT molecular complexity index is 345. The summed E-state index contributed by atoms with van der Waals surface area (Å²) in [5.74, 6) is 1.35. The highest BCUT2D eigenvalue weighted by Gasteiger charge is 2.29. The van der Waals surface area contributed by atoms with E-state index in [0.717, 1.165) is 28.1 Å². The predicted molar refractivity (Wildman–Crippen MR) is 62.9 cm³/mol. The highest BCUT2D eigenvalue weighted by molar-refractivity contribution is 9.10. The summed E-state index contributed by atoms with van der Waals surface area (Å²) >= 11 is 4.97. The van der Waals surface area contributed by atoms with Crippen molar-refractivity contribution < 1.29 is 4.79 Å². The Labute approximate surface area is 96.6 Å². The van der Waals surface area contributed by atoms with Gasteiger partial charge in [-0.25, -0.2) is 0 Å². The molecule has 0 amide bonds. The zero-order chi connectivity index (χ0) is 10.1. The third-order valence-corrected chi connectivity index (χ3v) is 4.76. The number of thiophene rings is 1. The van der Waals surface area contributed by atoms with Gasteiger partial charge in [0.1, 0.15) is 0 Å². The van der Waals surface area contributed by atoms with Gasteiger partial charge in [-0.1, -0.05) is 6.92 Å². The second-order valence-electron chi connectivity index (χ2n) is 4.08. The van der Waals surface area contributed by atoms with Crippen LogP contribution in [0.1, 0.15) is 35.9 Å². The highest BCUT2D eigenvalue weighted by atomic mass is 79.9. The Hall–Kier alpha value is -0.150. The molecular formula is C11H13BrOS. The van der Waals surface area contributed by atoms with E-state index in [1.807, 2.05) is 11.4 Å². The third-order valence-electron chi connectivity index (χ3n) is 2.91. The molecule has 0 aromatic carbocycles. The highest BCUT2D eigenvalue weighted by Crippen LogP contribution is 2.35. The summed E-state index contributed by atoms with van der Waals surface area (Å²) in [5.41, 5.74) is 0. The fourth-order valence-corrected chi connectivity index (χ4v) is 3.69. The van der Waals surface area contributed by atoms with Crippen molar-refractivity contribution in [2.24, 2.45) is 11.8 Å². The van der Waals surface area contributed by atoms with Gasteiger partial charge in [0, 0.05) is 10.4 Å². The lowest BCUT2D eigenvalue weighted by atomic mass is 10.0. The van der Waals surface area contributed by atoms with Crippen LogP contribution in [0.15, 0.2) is 15.9 Å². The van der Waals surface area contributed by atoms with Gasteiger partial charge in [0.2, 0.25) is 0 Å². The molecule has 2 atom stereocenters. The number of carbonyl (C=O) groups is 1. The first-order chi connectivity index (χ1) is 6.68. The molecule has 0 bridgehead atoms. The minimum Gasteiger partial charge on any atom is -0.293 e. The Balaban J connectivity index is 2.13. The largest absolute Gasteiger partial charge is 0.293 e. The average Bonchev–Trinajstić information content (AvgIpc) is 2.73. The van der Waals surface area contributed by atoms with Crippen LogP contribution in [0.25, 0.3) is 0 Å². The predicted octanol–water partition coefficient (Wildman–Crippen LogP) is 4.13. The molecule has 1 fully saturated rings. The van der Waals surface area contributed by atoms with Gasteiger partial charge in [0.25, 0.3) is 0 Å². The maximum Gasteiger partial charge on any atom is 0.177 e. The number of hydrogen-bond acceptors (Lipinski definition) is 2. The molecular weight excluding hydrogens is 260 g/mol. The molecule has 1 aliphatic carbocycles. The van der Waals surface area contributed by atoms with E-state index in [1.165, 1.54) is 6.42 Å². The van der Waals surface area contributed by atoms with Gasteiger partial charge < -0.3 is 0 Å². The van der Waals surface area contributed by atoms with E-state index in [1.54, 1.807) is 11.3 Å². The SMILES string of the molecule is CC1CCC(C(=O)c2sccc2Br)C1. The zero-order valence-corrected chi connectivity index (χ0v) is 10.5. The number of halogens is 1. The molecule has 1 aliphatic rings. The molecule has 2 unspecified atom stereocenters. The van der Waals surface area contributed by atoms with Gasteiger partial charge in [0.05, 0.1) is 4.88 Å². The number of carbonyl (C=O) groups excluding carboxylic acids is 1. The summed E-state index contributed by atoms with van der Waals surface area (Å²) in [5, 5.41) is 1.97. The number of hydrogen-bond donors (Lipinski definition) is 0. The lowest BCUT2D eigenvalue weighted by Crippen LogP contribution is -2.10. The fraction of sp³-hybridized carbons (Fsp3) is 0.545. The minimum absolute atomic E-state index is 0.278. The van der Waals surface area contributed by atoms with Crippen LogP contribution in [0.2, 0.25) is 0 Å². The van der Waals surface area contributed by atoms with Crippen molar-refractivity contribution in [2.75, 3.05) is 0 Å². The zero-order valence-electron chi connectivity index (χ0n) is 8.13. The molecule has 1 nitrogen and oxygen atoms in total. The van der Waals surface area contributed by atoms with Gasteiger partial charge in [-0.05, 0) is 52.6 Å². The Kier molecular flexibility index (Phi) is 3.07. The lowest BCUT2D eigenvalue weighted by Gasteiger charge is -2.06. The fourth-order valence-electron chi connectivity index (χ4n) is 2.10. The minimum atomic E-state index is 0.278. The van der Waals surface area contributed by atoms with Crippen molar-refractivity contribution in [3.63, 3.8) is 0 Å². The monoisotopic (exact) mass is 272 g/mol. The second kappa shape index (κ2) is 4.15. The van der Waals surface area contributed by atoms with Crippen molar-refractivity contribution in [1.82, 2.24) is 0 Å². The van der Waals surface area contributed by atoms with Crippen LogP contribution in [0.3, 0.4) is 0 Å². The maximum absolute atomic E-state index is 12.1. The molecule has 2 rings (SSSR count). The Morgan fingerprint density at radius 3 is 2.86 bits per heavy atom. The molecule has 14 heavy (non-hydrogen) atoms. The second-order valence-corrected chi connectivity index (χ2v) is 5.85. The van der Waals surface area contributed by atoms with Crippen LogP contribution < -0.4 is 0 Å². The molecule has 1 heterocycles. The van der Waals surface area contributed by atoms with Gasteiger partial charge in [-0.15, -0.1) is 11.3 Å². The number of rotatable bonds is 2. The van der Waals surface area contributed by atoms with Crippen LogP contribution in [0, 0.1) is 11.8 Å². The molecule has 1 aromatic rings. The Morgan fingerprint density at radius 1 is 1.57 bits per heavy atom. The quantitative estimate of drug-likeness (QED) is 0.740. The Morgan fingerprint density at radius 2 is 2.36 bits per heavy atom. The lowest BCUT2D eigenvalue weighted by molar-refractivity contribution is 0.0924. The summed E-state index contributed by atoms with van der Waals surface area (Å²) in [4.78, 5) is 13.0. The standard InChI is InChI=1S/C11H13BrOS/c1-7-2-3-8(6-7)10(13)11-9(12)4-5-14-11/h4-5,7-8H,2-3,6H2,1H3. The molecule has 0 saturated heterocycles. The van der Waals surface area contributed by atoms with Crippen molar-refractivity contribution >= 4 is 33.0 Å². The smallest absolute Gasteiger partial charge is 0.177 e. The summed E-state index contributed by atoms with van der Waals surface area (Å²) in [7, 11) is 0. The first-order valence-corrected chi connectivity index (χ1v) is 6.63. The summed E-state index contributed by atoms with van der Waals surface area (Å²) < 4.78 is 0.965. The van der Waals surface area contributed by atoms with Gasteiger partial charge in [-0.3, -0.25) is 4.79 Å². The normalized spacial score (nSPS) is 26.7. The van der Waals surface area contributed by atoms with E-state index in [4.69, 9.17) is 0 Å². The van der Waals surface area contributed by atoms with E-state index < -0.39 is 0 Å². The molecule has 0 spiro atoms. The van der Waals surface area contributed by atoms with Gasteiger partial charge >= 0.3 is 0 Å². The molecule has 0 radical (unpaired) electrons. The third kappa shape index (κ3) is 1.94. The number of Topliss-reactive ketones (excluding diaryl/α,β-unsaturated/α-hetero) is 1. The van der Waals surface area contributed by atoms with Crippen LogP contribution in [0.5, 0.6) is 0 Å². The molecule has 0 N–H and O–H groups in total. The van der Waals surface area contributed by atoms with E-state index in [-0.39, 0.29) is 5.92 Å². The van der Waals surface area contributed by atoms with Crippen LogP contribution in [0.4, 0.5) is 0 Å². The maximum atomic E-state index is 12.1. The average molecular weight is 273 g/mol. The molecule has 1 aromatic heterocycles. The van der Waals surface area contributed by atoms with Crippen LogP contribution >= 0.6 is 27.3 Å². The van der Waals surface area contributed by atoms with E-state index >= 15 is 0 Å². The van der Waals surface area contributed by atoms with Crippen LogP contribution in [-0.2, 0) is 0 Å². The molecule has 0 aliphatic heterocycles. The first-order valence-electron chi connectivity index (χ1n) is 4.95. The van der Waals surface area contributed by atoms with Crippen LogP contribution in [-0.4, -0.2) is 5.78 Å². The summed E-state index contributed by atoms with van der Waals surface area (Å²) in [6.45, 7) is 2.23. The topological polar surface area (TPSA) is 17.1 Å². The molecule has 76 valence electrons.